The highest BCUT2D eigenvalue weighted by Gasteiger charge is 2.22. The molecule has 0 spiro atoms. The van der Waals surface area contributed by atoms with Crippen LogP contribution in [0.1, 0.15) is 66.8 Å². The molecule has 101 heavy (non-hydrogen) atoms. The lowest BCUT2D eigenvalue weighted by Crippen LogP contribution is -2.47. The third-order valence-electron chi connectivity index (χ3n) is 13.5. The molecule has 27 heteroatoms. The van der Waals surface area contributed by atoms with Gasteiger partial charge >= 0.3 is 0 Å². The Morgan fingerprint density at radius 1 is 0.505 bits per heavy atom. The molecule has 0 radical (unpaired) electrons. The van der Waals surface area contributed by atoms with Crippen LogP contribution in [0, 0.1) is 78.7 Å². The van der Waals surface area contributed by atoms with Crippen LogP contribution in [0.2, 0.25) is 0 Å². The summed E-state index contributed by atoms with van der Waals surface area (Å²) in [6.07, 6.45) is 0. The number of quaternary nitrogens is 4. The molecule has 0 aliphatic carbocycles. The van der Waals surface area contributed by atoms with Gasteiger partial charge in [0, 0.05) is 32.7 Å². The van der Waals surface area contributed by atoms with E-state index in [0.29, 0.717) is 48.5 Å². The van der Waals surface area contributed by atoms with E-state index in [1.54, 1.807) is 14.1 Å². The van der Waals surface area contributed by atoms with E-state index < -0.39 is 58.3 Å². The van der Waals surface area contributed by atoms with Crippen molar-refractivity contribution in [1.29, 1.82) is 0 Å². The Balaban J connectivity index is 0.000000592. The molecule has 1 unspecified atom stereocenters. The molecule has 0 amide bonds. The molecule has 1 atom stereocenters. The Kier molecular flexibility index (Phi) is 41.1. The van der Waals surface area contributed by atoms with Gasteiger partial charge in [-0.1, -0.05) is 160 Å². The van der Waals surface area contributed by atoms with E-state index in [1.807, 2.05) is 191 Å². The lowest BCUT2D eigenvalue weighted by molar-refractivity contribution is -0.898. The van der Waals surface area contributed by atoms with Crippen molar-refractivity contribution in [3.8, 4) is 11.5 Å². The second-order valence-corrected chi connectivity index (χ2v) is 30.0. The Labute approximate surface area is 596 Å². The van der Waals surface area contributed by atoms with Gasteiger partial charge in [0.15, 0.2) is 30.1 Å². The molecule has 0 bridgehead atoms. The molecular weight excluding hydrogens is 1350 g/mol. The summed E-state index contributed by atoms with van der Waals surface area (Å²) >= 11 is 0. The first-order valence-electron chi connectivity index (χ1n) is 32.1. The molecule has 558 valence electrons. The number of phosphoric ester groups is 1. The zero-order valence-corrected chi connectivity index (χ0v) is 63.6. The Bertz CT molecular complexity index is 3640. The van der Waals surface area contributed by atoms with Gasteiger partial charge in [-0.2, -0.15) is 0 Å². The number of hydrogen-bond donors (Lipinski definition) is 1. The highest BCUT2D eigenvalue weighted by molar-refractivity contribution is 7.85. The minimum absolute atomic E-state index is 0.00179. The summed E-state index contributed by atoms with van der Waals surface area (Å²) in [5, 5.41) is 13.8. The minimum Gasteiger partial charge on any atom is -0.756 e. The number of carboxylic acid groups (broad SMARTS) is 1. The van der Waals surface area contributed by atoms with Gasteiger partial charge < -0.3 is 66.5 Å². The van der Waals surface area contributed by atoms with E-state index in [-0.39, 0.29) is 43.7 Å². The van der Waals surface area contributed by atoms with Crippen LogP contribution in [0.3, 0.4) is 0 Å². The molecule has 0 saturated carbocycles. The van der Waals surface area contributed by atoms with Crippen molar-refractivity contribution in [2.24, 2.45) is 10.8 Å². The Hall–Kier alpha value is -7.62. The van der Waals surface area contributed by atoms with Crippen LogP contribution in [0.15, 0.2) is 151 Å². The van der Waals surface area contributed by atoms with Crippen LogP contribution in [0.5, 0.6) is 11.5 Å². The number of azide groups is 1. The van der Waals surface area contributed by atoms with E-state index in [4.69, 9.17) is 39.3 Å². The Morgan fingerprint density at radius 2 is 0.851 bits per heavy atom. The summed E-state index contributed by atoms with van der Waals surface area (Å²) in [6, 6.07) is 47.9. The van der Waals surface area contributed by atoms with E-state index in [2.05, 4.69) is 62.4 Å². The average molecular weight is 1450 g/mol. The number of hydrogen-bond acceptors (Lipinski definition) is 15. The first kappa shape index (κ1) is 91.4. The summed E-state index contributed by atoms with van der Waals surface area (Å²) < 4.78 is 126. The number of halogens is 4. The maximum atomic E-state index is 12.8. The van der Waals surface area contributed by atoms with Crippen LogP contribution in [-0.4, -0.2) is 166 Å². The van der Waals surface area contributed by atoms with Crippen LogP contribution in [-0.2, 0) is 64.2 Å². The number of carbonyl (C=O) groups excluding carboxylic acids is 1. The van der Waals surface area contributed by atoms with Gasteiger partial charge in [-0.15, -0.1) is 0 Å². The molecule has 7 rings (SSSR count). The zero-order valence-electron chi connectivity index (χ0n) is 61.9. The van der Waals surface area contributed by atoms with E-state index in [9.17, 15) is 49.9 Å². The highest BCUT2D eigenvalue weighted by Crippen LogP contribution is 2.39. The van der Waals surface area contributed by atoms with Crippen molar-refractivity contribution in [3.05, 3.63) is 246 Å². The van der Waals surface area contributed by atoms with Crippen molar-refractivity contribution in [2.45, 2.75) is 81.6 Å². The number of benzene rings is 7. The van der Waals surface area contributed by atoms with Crippen LogP contribution in [0.4, 0.5) is 17.6 Å². The largest absolute Gasteiger partial charge is 0.756 e. The van der Waals surface area contributed by atoms with Gasteiger partial charge in [0.05, 0.1) is 103 Å². The number of aliphatic carboxylic acids is 1. The smallest absolute Gasteiger partial charge is 0.272 e. The lowest BCUT2D eigenvalue weighted by Gasteiger charge is -2.30. The van der Waals surface area contributed by atoms with Gasteiger partial charge in [-0.25, -0.2) is 26.0 Å². The fraction of sp³-hybridized carbons (Fsp3) is 0.419. The number of aryl methyl sites for hydroxylation is 6. The molecule has 0 fully saturated rings. The molecule has 0 aromatic heterocycles. The topological polar surface area (TPSA) is 268 Å². The van der Waals surface area contributed by atoms with Crippen molar-refractivity contribution in [3.63, 3.8) is 0 Å². The number of nitrogens with zero attached hydrogens (tertiary/aromatic N) is 7. The minimum atomic E-state index is -4.23. The lowest BCUT2D eigenvalue weighted by atomic mass is 10.1. The molecule has 0 aliphatic heterocycles. The maximum absolute atomic E-state index is 12.8. The SMILES string of the molecule is Cc1c(F)c(C)c(F)c(F)c1F.Cc1ccc(COP(=O)([O-])OC[N+](C)(C)C)cc1.Cc1ccc(C[N+](C)(C)C)cc1.Cc1ccc(C[N+](C)(C)CC(=O)[O-])cc1.Cc1ccc(C[N+](C)(C)CS(=O)(=O)[O-])cc1.Cc1ccc(OCCOCN)cc1.Cc1ccc(OCCOCN=[N+]=[N-])cc1. The molecule has 21 nitrogen and oxygen atoms in total. The molecule has 2 N–H and O–H groups in total. The second kappa shape index (κ2) is 45.4. The molecule has 0 aliphatic rings. The van der Waals surface area contributed by atoms with Crippen LogP contribution in [0.25, 0.3) is 10.4 Å². The average Bonchev–Trinajstić information content (AvgIpc) is 0.806. The third-order valence-corrected chi connectivity index (χ3v) is 15.4. The normalized spacial score (nSPS) is 11.8. The van der Waals surface area contributed by atoms with E-state index >= 15 is 0 Å². The summed E-state index contributed by atoms with van der Waals surface area (Å²) in [5.74, 6) is -5.30. The number of rotatable bonds is 27. The summed E-state index contributed by atoms with van der Waals surface area (Å²) in [6.45, 7) is 18.9. The van der Waals surface area contributed by atoms with Crippen molar-refractivity contribution in [2.75, 3.05) is 130 Å². The summed E-state index contributed by atoms with van der Waals surface area (Å²) in [5.41, 5.74) is 23.8. The van der Waals surface area contributed by atoms with Crippen molar-refractivity contribution in [1.82, 2.24) is 0 Å². The van der Waals surface area contributed by atoms with Crippen LogP contribution < -0.4 is 25.2 Å². The predicted molar refractivity (Wildman–Crippen MR) is 383 cm³/mol. The van der Waals surface area contributed by atoms with Gasteiger partial charge in [0.2, 0.25) is 0 Å². The fourth-order valence-corrected chi connectivity index (χ4v) is 10.3. The molecule has 7 aromatic carbocycles. The number of ether oxygens (including phenoxy) is 4. The van der Waals surface area contributed by atoms with Gasteiger partial charge in [-0.3, -0.25) is 9.09 Å². The monoisotopic (exact) mass is 1450 g/mol. The molecule has 0 heterocycles. The number of carbonyl (C=O) groups is 1. The number of carboxylic acids is 1. The zero-order chi connectivity index (χ0) is 76.8. The van der Waals surface area contributed by atoms with Crippen molar-refractivity contribution >= 4 is 23.9 Å². The molecule has 0 saturated heterocycles. The number of likely N-dealkylation sites (N-methyl/N-ethyl adjacent to an activating group) is 1. The van der Waals surface area contributed by atoms with E-state index in [0.717, 1.165) is 64.2 Å². The van der Waals surface area contributed by atoms with Crippen molar-refractivity contribution < 1.29 is 95.8 Å². The fourth-order valence-electron chi connectivity index (χ4n) is 8.43. The third kappa shape index (κ3) is 45.1. The number of phosphoric acid groups is 1. The Morgan fingerprint density at radius 3 is 1.19 bits per heavy atom. The maximum Gasteiger partial charge on any atom is 0.272 e. The summed E-state index contributed by atoms with van der Waals surface area (Å²) in [4.78, 5) is 24.6. The number of nitrogens with two attached hydrogens (primary N) is 1. The molecule has 7 aromatic rings. The van der Waals surface area contributed by atoms with Crippen LogP contribution >= 0.6 is 7.82 Å². The quantitative estimate of drug-likeness (QED) is 0.00429. The first-order chi connectivity index (χ1) is 46.8. The van der Waals surface area contributed by atoms with Gasteiger partial charge in [0.25, 0.3) is 7.82 Å². The van der Waals surface area contributed by atoms with Gasteiger partial charge in [0.1, 0.15) is 73.6 Å². The summed E-state index contributed by atoms with van der Waals surface area (Å²) in [7, 11) is 10.9. The standard InChI is InChI=1S/C12H20NO4P.C12H17NO2.C11H17NO3S.C11H18N.C10H13N3O2.C10H15NO2.C8H6F4/c1-11-5-7-12(8-6-11)9-16-18(14,15)17-10-13(2,3)4;1-10-4-6-11(7-5-10)8-13(2,3)9-12(14)15;1-10-4-6-11(7-5-10)8-12(2,3)9-16(13,14)15;1-10-5-7-11(8-6-10)9-12(2,3)4;1-9-2-4-10(5-3-9)15-7-6-14-8-12-13-11;1-9-2-4-10(5-3-9)13-7-6-12-8-11;1-3-5(9)4(2)7(11)8(12)6(3)10/h5-8H,9-10H2,1-4H3;4-7H,8-9H2,1-3H3;4-7H,8-9H2,1-3H3;5-8H,9H2,1-4H3;2-5H,6-8H2,1H3;2-5H,6-8,11H2,1H3;1-2H3/q;;;+1;;;. The highest BCUT2D eigenvalue weighted by atomic mass is 32.2. The van der Waals surface area contributed by atoms with Gasteiger partial charge in [-0.05, 0) is 90.7 Å². The first-order valence-corrected chi connectivity index (χ1v) is 35.1. The van der Waals surface area contributed by atoms with E-state index in [1.165, 1.54) is 27.8 Å². The second-order valence-electron chi connectivity index (χ2n) is 27.2. The molecular formula is C74H106F4N8O13PS+. The predicted octanol–water partition coefficient (Wildman–Crippen LogP) is 12.1.